The molecule has 8 heteroatoms. The molecule has 2 rings (SSSR count). The van der Waals surface area contributed by atoms with Crippen molar-refractivity contribution in [3.05, 3.63) is 23.7 Å². The van der Waals surface area contributed by atoms with Gasteiger partial charge in [-0.25, -0.2) is 9.78 Å². The van der Waals surface area contributed by atoms with Crippen molar-refractivity contribution < 1.29 is 9.90 Å². The number of nitrogens with zero attached hydrogens (tertiary/aromatic N) is 2. The minimum atomic E-state index is -0.948. The van der Waals surface area contributed by atoms with Crippen LogP contribution >= 0.6 is 24.8 Å². The van der Waals surface area contributed by atoms with Crippen LogP contribution in [0, 0.1) is 0 Å². The van der Waals surface area contributed by atoms with Crippen molar-refractivity contribution in [2.45, 2.75) is 19.4 Å². The molecular formula is C12H18Cl2N4O2. The van der Waals surface area contributed by atoms with Crippen molar-refractivity contribution in [2.24, 2.45) is 0 Å². The average molecular weight is 321 g/mol. The van der Waals surface area contributed by atoms with E-state index in [4.69, 9.17) is 5.11 Å². The molecule has 3 N–H and O–H groups in total. The van der Waals surface area contributed by atoms with Crippen LogP contribution in [0.4, 0.5) is 5.82 Å². The summed E-state index contributed by atoms with van der Waals surface area (Å²) < 4.78 is 0. The molecule has 0 bridgehead atoms. The Morgan fingerprint density at radius 3 is 2.70 bits per heavy atom. The third kappa shape index (κ3) is 5.32. The number of hydrogen-bond donors (Lipinski definition) is 3. The van der Waals surface area contributed by atoms with Gasteiger partial charge >= 0.3 is 5.97 Å². The largest absolute Gasteiger partial charge is 0.478 e. The van der Waals surface area contributed by atoms with Crippen LogP contribution in [0.1, 0.15) is 19.0 Å². The highest BCUT2D eigenvalue weighted by Crippen LogP contribution is 2.09. The number of halogens is 2. The molecule has 2 heterocycles. The van der Waals surface area contributed by atoms with Crippen molar-refractivity contribution in [3.8, 4) is 0 Å². The molecule has 1 aromatic heterocycles. The smallest absolute Gasteiger partial charge is 0.331 e. The molecule has 6 nitrogen and oxygen atoms in total. The Bertz CT molecular complexity index is 459. The van der Waals surface area contributed by atoms with Crippen molar-refractivity contribution in [2.75, 3.05) is 18.4 Å². The summed E-state index contributed by atoms with van der Waals surface area (Å²) in [5, 5.41) is 15.3. The van der Waals surface area contributed by atoms with E-state index in [1.54, 1.807) is 12.4 Å². The van der Waals surface area contributed by atoms with Gasteiger partial charge in [-0.2, -0.15) is 0 Å². The first kappa shape index (κ1) is 18.6. The fraction of sp³-hybridized carbons (Fsp3) is 0.417. The van der Waals surface area contributed by atoms with E-state index in [0.29, 0.717) is 17.6 Å². The average Bonchev–Trinajstić information content (AvgIpc) is 2.84. The Morgan fingerprint density at radius 1 is 1.45 bits per heavy atom. The maximum absolute atomic E-state index is 10.7. The van der Waals surface area contributed by atoms with Crippen molar-refractivity contribution in [1.82, 2.24) is 15.3 Å². The van der Waals surface area contributed by atoms with Crippen molar-refractivity contribution in [3.63, 3.8) is 0 Å². The molecule has 1 fully saturated rings. The van der Waals surface area contributed by atoms with Gasteiger partial charge in [-0.15, -0.1) is 24.8 Å². The summed E-state index contributed by atoms with van der Waals surface area (Å²) in [6, 6.07) is 0.390. The molecule has 0 unspecified atom stereocenters. The number of carboxylic acids is 1. The Hall–Kier alpha value is -1.37. The number of hydrogen-bond acceptors (Lipinski definition) is 5. The molecule has 1 atom stereocenters. The molecule has 0 saturated carbocycles. The molecule has 0 aromatic carbocycles. The number of carboxylic acid groups (broad SMARTS) is 1. The first-order valence-electron chi connectivity index (χ1n) is 5.86. The van der Waals surface area contributed by atoms with Gasteiger partial charge in [0.15, 0.2) is 0 Å². The maximum Gasteiger partial charge on any atom is 0.331 e. The van der Waals surface area contributed by atoms with Gasteiger partial charge in [0, 0.05) is 18.2 Å². The zero-order valence-electron chi connectivity index (χ0n) is 11.0. The summed E-state index contributed by atoms with van der Waals surface area (Å²) in [7, 11) is 0. The van der Waals surface area contributed by atoms with E-state index < -0.39 is 5.97 Å². The third-order valence-electron chi connectivity index (χ3n) is 2.79. The lowest BCUT2D eigenvalue weighted by Crippen LogP contribution is -2.22. The fourth-order valence-electron chi connectivity index (χ4n) is 1.76. The predicted octanol–water partition coefficient (Wildman–Crippen LogP) is 1.58. The minimum absolute atomic E-state index is 0. The highest BCUT2D eigenvalue weighted by molar-refractivity contribution is 5.91. The Kier molecular flexibility index (Phi) is 8.13. The van der Waals surface area contributed by atoms with Gasteiger partial charge in [-0.1, -0.05) is 0 Å². The van der Waals surface area contributed by atoms with Gasteiger partial charge in [0.2, 0.25) is 0 Å². The zero-order chi connectivity index (χ0) is 13.0. The summed E-state index contributed by atoms with van der Waals surface area (Å²) in [6.45, 7) is 3.48. The van der Waals surface area contributed by atoms with Gasteiger partial charge in [0.05, 0.1) is 18.1 Å². The molecule has 0 aliphatic carbocycles. The minimum Gasteiger partial charge on any atom is -0.478 e. The van der Waals surface area contributed by atoms with Gasteiger partial charge in [-0.3, -0.25) is 4.98 Å². The molecule has 0 radical (unpaired) electrons. The van der Waals surface area contributed by atoms with Crippen LogP contribution in [0.3, 0.4) is 0 Å². The maximum atomic E-state index is 10.7. The molecule has 0 amide bonds. The number of aliphatic carboxylic acids is 1. The van der Waals surface area contributed by atoms with Crippen LogP contribution in [-0.4, -0.2) is 40.2 Å². The fourth-order valence-corrected chi connectivity index (χ4v) is 1.76. The predicted molar refractivity (Wildman–Crippen MR) is 82.7 cm³/mol. The van der Waals surface area contributed by atoms with Crippen LogP contribution < -0.4 is 10.6 Å². The molecule has 1 aliphatic rings. The second-order valence-corrected chi connectivity index (χ2v) is 4.29. The molecular weight excluding hydrogens is 303 g/mol. The van der Waals surface area contributed by atoms with Gasteiger partial charge < -0.3 is 15.7 Å². The first-order valence-corrected chi connectivity index (χ1v) is 5.86. The lowest BCUT2D eigenvalue weighted by molar-refractivity contribution is -0.132. The van der Waals surface area contributed by atoms with Crippen LogP contribution in [0.25, 0.3) is 6.08 Å². The van der Waals surface area contributed by atoms with E-state index in [1.165, 1.54) is 13.0 Å². The monoisotopic (exact) mass is 320 g/mol. The zero-order valence-corrected chi connectivity index (χ0v) is 12.6. The topological polar surface area (TPSA) is 87.1 Å². The molecule has 20 heavy (non-hydrogen) atoms. The summed E-state index contributed by atoms with van der Waals surface area (Å²) in [5.74, 6) is -0.232. The first-order chi connectivity index (χ1) is 8.65. The summed E-state index contributed by atoms with van der Waals surface area (Å²) in [5.41, 5.74) is 0.787. The van der Waals surface area contributed by atoms with Crippen LogP contribution in [0.15, 0.2) is 18.0 Å². The number of nitrogens with one attached hydrogen (secondary N) is 2. The second-order valence-electron chi connectivity index (χ2n) is 4.29. The number of carbonyl (C=O) groups is 1. The molecule has 1 aliphatic heterocycles. The molecule has 112 valence electrons. The van der Waals surface area contributed by atoms with Crippen molar-refractivity contribution >= 4 is 42.7 Å². The van der Waals surface area contributed by atoms with Gasteiger partial charge in [0.25, 0.3) is 0 Å². The van der Waals surface area contributed by atoms with E-state index >= 15 is 0 Å². The molecule has 0 spiro atoms. The summed E-state index contributed by atoms with van der Waals surface area (Å²) >= 11 is 0. The van der Waals surface area contributed by atoms with E-state index in [2.05, 4.69) is 20.6 Å². The standard InChI is InChI=1S/C12H16N4O2.2ClH/c1-8(12(17)18)4-10-6-15-11(7-14-10)16-9-2-3-13-5-9;;/h4,6-7,9,13H,2-3,5H2,1H3,(H,15,16)(H,17,18);2*1H/b8-4+;;/t9-;;/m1../s1. The normalized spacial score (nSPS) is 17.9. The lowest BCUT2D eigenvalue weighted by Gasteiger charge is -2.11. The molecule has 1 saturated heterocycles. The summed E-state index contributed by atoms with van der Waals surface area (Å²) in [6.07, 6.45) is 5.76. The Morgan fingerprint density at radius 2 is 2.20 bits per heavy atom. The Balaban J connectivity index is 0.00000180. The number of anilines is 1. The van der Waals surface area contributed by atoms with Gasteiger partial charge in [0.1, 0.15) is 5.82 Å². The summed E-state index contributed by atoms with van der Waals surface area (Å²) in [4.78, 5) is 19.0. The highest BCUT2D eigenvalue weighted by Gasteiger charge is 2.14. The van der Waals surface area contributed by atoms with Crippen LogP contribution in [0.2, 0.25) is 0 Å². The van der Waals surface area contributed by atoms with Crippen LogP contribution in [0.5, 0.6) is 0 Å². The molecule has 1 aromatic rings. The van der Waals surface area contributed by atoms with E-state index in [0.717, 1.165) is 19.5 Å². The number of rotatable bonds is 4. The number of aromatic nitrogens is 2. The SMILES string of the molecule is C/C(=C\c1cnc(N[C@@H]2CCNC2)cn1)C(=O)O.Cl.Cl. The van der Waals surface area contributed by atoms with E-state index in [1.807, 2.05) is 0 Å². The highest BCUT2D eigenvalue weighted by atomic mass is 35.5. The second kappa shape index (κ2) is 8.73. The van der Waals surface area contributed by atoms with Crippen molar-refractivity contribution in [1.29, 1.82) is 0 Å². The van der Waals surface area contributed by atoms with E-state index in [9.17, 15) is 4.79 Å². The lowest BCUT2D eigenvalue weighted by atomic mass is 10.2. The van der Waals surface area contributed by atoms with Crippen LogP contribution in [-0.2, 0) is 4.79 Å². The Labute approximate surface area is 129 Å². The third-order valence-corrected chi connectivity index (χ3v) is 2.79. The van der Waals surface area contributed by atoms with Gasteiger partial charge in [-0.05, 0) is 26.0 Å². The van der Waals surface area contributed by atoms with E-state index in [-0.39, 0.29) is 30.4 Å². The quantitative estimate of drug-likeness (QED) is 0.730.